The van der Waals surface area contributed by atoms with Crippen LogP contribution in [0.2, 0.25) is 0 Å². The van der Waals surface area contributed by atoms with E-state index in [1.54, 1.807) is 11.8 Å². The number of hydrogen-bond donors (Lipinski definition) is 3. The van der Waals surface area contributed by atoms with Crippen molar-refractivity contribution >= 4 is 23.4 Å². The van der Waals surface area contributed by atoms with Gasteiger partial charge in [-0.05, 0) is 23.8 Å². The first kappa shape index (κ1) is 17.1. The predicted molar refractivity (Wildman–Crippen MR) is 81.7 cm³/mol. The van der Waals surface area contributed by atoms with Crippen molar-refractivity contribution in [2.24, 2.45) is 5.73 Å². The molecule has 1 amide bonds. The van der Waals surface area contributed by atoms with E-state index >= 15 is 0 Å². The van der Waals surface area contributed by atoms with Crippen LogP contribution < -0.4 is 16.4 Å². The minimum absolute atomic E-state index is 0.0202. The first-order valence-corrected chi connectivity index (χ1v) is 8.06. The third kappa shape index (κ3) is 4.89. The molecule has 0 spiro atoms. The van der Waals surface area contributed by atoms with Crippen molar-refractivity contribution in [3.8, 4) is 0 Å². The first-order valence-electron chi connectivity index (χ1n) is 6.90. The number of halogens is 3. The van der Waals surface area contributed by atoms with E-state index in [2.05, 4.69) is 10.6 Å². The molecule has 0 aromatic heterocycles. The number of hydrogen-bond acceptors (Lipinski definition) is 4. The molecule has 1 fully saturated rings. The van der Waals surface area contributed by atoms with Gasteiger partial charge in [-0.25, -0.2) is 0 Å². The number of carbonyl (C=O) groups is 1. The summed E-state index contributed by atoms with van der Waals surface area (Å²) in [7, 11) is 0. The largest absolute Gasteiger partial charge is 0.416 e. The highest BCUT2D eigenvalue weighted by atomic mass is 32.2. The van der Waals surface area contributed by atoms with Gasteiger partial charge in [0, 0.05) is 42.7 Å². The molecule has 4 nitrogen and oxygen atoms in total. The highest BCUT2D eigenvalue weighted by Gasteiger charge is 2.31. The summed E-state index contributed by atoms with van der Waals surface area (Å²) in [5.74, 6) is 1.53. The maximum Gasteiger partial charge on any atom is 0.416 e. The summed E-state index contributed by atoms with van der Waals surface area (Å²) < 4.78 is 38.5. The van der Waals surface area contributed by atoms with Gasteiger partial charge in [-0.2, -0.15) is 24.9 Å². The Kier molecular flexibility index (Phi) is 5.71. The minimum atomic E-state index is -4.47. The van der Waals surface area contributed by atoms with Gasteiger partial charge in [0.2, 0.25) is 5.91 Å². The van der Waals surface area contributed by atoms with Gasteiger partial charge in [0.05, 0.1) is 5.56 Å². The third-order valence-electron chi connectivity index (χ3n) is 3.27. The standard InChI is InChI=1S/C14H18F3N3OS/c15-14(16,17)10-3-9(7-18)4-11(5-10)20-13(21)6-12-8-22-2-1-19-12/h3-5,12,19H,1-2,6-8,18H2,(H,20,21). The van der Waals surface area contributed by atoms with Gasteiger partial charge >= 0.3 is 6.18 Å². The number of benzene rings is 1. The normalized spacial score (nSPS) is 19.0. The van der Waals surface area contributed by atoms with Crippen molar-refractivity contribution in [3.05, 3.63) is 29.3 Å². The third-order valence-corrected chi connectivity index (χ3v) is 4.40. The summed E-state index contributed by atoms with van der Waals surface area (Å²) in [6.45, 7) is 0.817. The predicted octanol–water partition coefficient (Wildman–Crippen LogP) is 2.20. The highest BCUT2D eigenvalue weighted by molar-refractivity contribution is 7.99. The summed E-state index contributed by atoms with van der Waals surface area (Å²) in [5.41, 5.74) is 5.07. The molecule has 22 heavy (non-hydrogen) atoms. The van der Waals surface area contributed by atoms with Crippen molar-refractivity contribution < 1.29 is 18.0 Å². The summed E-state index contributed by atoms with van der Waals surface area (Å²) >= 11 is 1.76. The maximum absolute atomic E-state index is 12.8. The van der Waals surface area contributed by atoms with E-state index < -0.39 is 11.7 Å². The van der Waals surface area contributed by atoms with Crippen LogP contribution in [0.25, 0.3) is 0 Å². The van der Waals surface area contributed by atoms with Crippen molar-refractivity contribution in [3.63, 3.8) is 0 Å². The average molecular weight is 333 g/mol. The van der Waals surface area contributed by atoms with E-state index in [4.69, 9.17) is 5.73 Å². The summed E-state index contributed by atoms with van der Waals surface area (Å²) in [4.78, 5) is 12.0. The number of nitrogens with one attached hydrogen (secondary N) is 2. The fourth-order valence-corrected chi connectivity index (χ4v) is 3.18. The van der Waals surface area contributed by atoms with Crippen LogP contribution in [0.5, 0.6) is 0 Å². The zero-order chi connectivity index (χ0) is 16.2. The van der Waals surface area contributed by atoms with Crippen LogP contribution in [0.4, 0.5) is 18.9 Å². The Morgan fingerprint density at radius 3 is 2.77 bits per heavy atom. The number of thioether (sulfide) groups is 1. The van der Waals surface area contributed by atoms with Gasteiger partial charge in [-0.3, -0.25) is 4.79 Å². The molecule has 0 aliphatic carbocycles. The van der Waals surface area contributed by atoms with E-state index in [9.17, 15) is 18.0 Å². The lowest BCUT2D eigenvalue weighted by Crippen LogP contribution is -2.39. The van der Waals surface area contributed by atoms with Crippen molar-refractivity contribution in [2.75, 3.05) is 23.4 Å². The number of alkyl halides is 3. The van der Waals surface area contributed by atoms with E-state index in [0.29, 0.717) is 5.56 Å². The monoisotopic (exact) mass is 333 g/mol. The second-order valence-corrected chi connectivity index (χ2v) is 6.25. The molecule has 1 aromatic carbocycles. The molecule has 2 rings (SSSR count). The summed E-state index contributed by atoms with van der Waals surface area (Å²) in [6, 6.07) is 3.45. The fraction of sp³-hybridized carbons (Fsp3) is 0.500. The van der Waals surface area contributed by atoms with Crippen LogP contribution >= 0.6 is 11.8 Å². The van der Waals surface area contributed by atoms with Gasteiger partial charge < -0.3 is 16.4 Å². The van der Waals surface area contributed by atoms with Gasteiger partial charge in [0.15, 0.2) is 0 Å². The molecular weight excluding hydrogens is 315 g/mol. The van der Waals surface area contributed by atoms with Crippen LogP contribution in [-0.2, 0) is 17.5 Å². The van der Waals surface area contributed by atoms with Gasteiger partial charge in [-0.1, -0.05) is 0 Å². The second-order valence-electron chi connectivity index (χ2n) is 5.10. The smallest absolute Gasteiger partial charge is 0.326 e. The van der Waals surface area contributed by atoms with Crippen molar-refractivity contribution in [1.82, 2.24) is 5.32 Å². The lowest BCUT2D eigenvalue weighted by atomic mass is 10.1. The Morgan fingerprint density at radius 2 is 2.18 bits per heavy atom. The fourth-order valence-electron chi connectivity index (χ4n) is 2.23. The Morgan fingerprint density at radius 1 is 1.41 bits per heavy atom. The Bertz CT molecular complexity index is 531. The molecule has 1 unspecified atom stereocenters. The molecule has 1 aliphatic heterocycles. The quantitative estimate of drug-likeness (QED) is 0.790. The topological polar surface area (TPSA) is 67.1 Å². The Labute approximate surface area is 131 Å². The average Bonchev–Trinajstić information content (AvgIpc) is 2.46. The van der Waals surface area contributed by atoms with E-state index in [-0.39, 0.29) is 30.6 Å². The number of nitrogens with two attached hydrogens (primary N) is 1. The molecule has 1 aliphatic rings. The molecule has 1 heterocycles. The van der Waals surface area contributed by atoms with Crippen molar-refractivity contribution in [2.45, 2.75) is 25.2 Å². The molecule has 1 atom stereocenters. The molecular formula is C14H18F3N3OS. The van der Waals surface area contributed by atoms with E-state index in [0.717, 1.165) is 30.2 Å². The van der Waals surface area contributed by atoms with Crippen LogP contribution in [0.3, 0.4) is 0 Å². The first-order chi connectivity index (χ1) is 10.4. The zero-order valence-corrected chi connectivity index (χ0v) is 12.7. The molecule has 122 valence electrons. The Balaban J connectivity index is 2.06. The Hall–Kier alpha value is -1.25. The highest BCUT2D eigenvalue weighted by Crippen LogP contribution is 2.32. The van der Waals surface area contributed by atoms with Gasteiger partial charge in [-0.15, -0.1) is 0 Å². The van der Waals surface area contributed by atoms with Crippen LogP contribution in [0, 0.1) is 0 Å². The van der Waals surface area contributed by atoms with E-state index in [1.165, 1.54) is 6.07 Å². The lowest BCUT2D eigenvalue weighted by molar-refractivity contribution is -0.137. The molecule has 0 saturated carbocycles. The lowest BCUT2D eigenvalue weighted by Gasteiger charge is -2.22. The minimum Gasteiger partial charge on any atom is -0.326 e. The molecule has 0 radical (unpaired) electrons. The molecule has 0 bridgehead atoms. The van der Waals surface area contributed by atoms with Gasteiger partial charge in [0.25, 0.3) is 0 Å². The zero-order valence-electron chi connectivity index (χ0n) is 11.9. The molecule has 1 saturated heterocycles. The number of carbonyl (C=O) groups excluding carboxylic acids is 1. The van der Waals surface area contributed by atoms with Crippen LogP contribution in [0.15, 0.2) is 18.2 Å². The van der Waals surface area contributed by atoms with Crippen molar-refractivity contribution in [1.29, 1.82) is 0 Å². The number of rotatable bonds is 4. The van der Waals surface area contributed by atoms with Gasteiger partial charge in [0.1, 0.15) is 0 Å². The van der Waals surface area contributed by atoms with E-state index in [1.807, 2.05) is 0 Å². The molecule has 4 N–H and O–H groups in total. The van der Waals surface area contributed by atoms with Crippen LogP contribution in [0.1, 0.15) is 17.5 Å². The number of anilines is 1. The second kappa shape index (κ2) is 7.34. The maximum atomic E-state index is 12.8. The summed E-state index contributed by atoms with van der Waals surface area (Å²) in [6.07, 6.45) is -4.23. The summed E-state index contributed by atoms with van der Waals surface area (Å²) in [5, 5.41) is 5.74. The SMILES string of the molecule is NCc1cc(NC(=O)CC2CSCCN2)cc(C(F)(F)F)c1. The molecule has 1 aromatic rings. The molecule has 8 heteroatoms. The van der Waals surface area contributed by atoms with Crippen LogP contribution in [-0.4, -0.2) is 30.0 Å². The number of amides is 1.